The van der Waals surface area contributed by atoms with E-state index in [0.29, 0.717) is 12.0 Å². The number of nitrogens with zero attached hydrogens (tertiary/aromatic N) is 1. The van der Waals surface area contributed by atoms with Crippen LogP contribution in [0, 0.1) is 5.92 Å². The van der Waals surface area contributed by atoms with Crippen molar-refractivity contribution in [1.82, 2.24) is 0 Å². The van der Waals surface area contributed by atoms with Gasteiger partial charge in [0.1, 0.15) is 19.3 Å². The van der Waals surface area contributed by atoms with Gasteiger partial charge in [-0.3, -0.25) is 0 Å². The highest BCUT2D eigenvalue weighted by Crippen LogP contribution is 1.93. The molecule has 0 aromatic rings. The molecule has 1 atom stereocenters. The number of thiol groups is 1. The molecule has 0 saturated heterocycles. The average Bonchev–Trinajstić information content (AvgIpc) is 1.87. The summed E-state index contributed by atoms with van der Waals surface area (Å²) in [6.07, 6.45) is 2.22. The van der Waals surface area contributed by atoms with Gasteiger partial charge in [-0.2, -0.15) is 12.6 Å². The third-order valence-electron chi connectivity index (χ3n) is 1.59. The van der Waals surface area contributed by atoms with Crippen LogP contribution < -0.4 is 0 Å². The van der Waals surface area contributed by atoms with Gasteiger partial charge in [0.05, 0.1) is 0 Å². The maximum absolute atomic E-state index is 4.20. The first-order valence-corrected chi connectivity index (χ1v) is 4.39. The van der Waals surface area contributed by atoms with Crippen LogP contribution in [0.25, 0.3) is 0 Å². The SMILES string of the molecule is CC(C=[N+](C)C(C)C)CS. The van der Waals surface area contributed by atoms with E-state index in [4.69, 9.17) is 0 Å². The van der Waals surface area contributed by atoms with Crippen molar-refractivity contribution in [3.63, 3.8) is 0 Å². The number of hydrogen-bond donors (Lipinski definition) is 1. The van der Waals surface area contributed by atoms with Crippen molar-refractivity contribution in [3.05, 3.63) is 0 Å². The summed E-state index contributed by atoms with van der Waals surface area (Å²) in [6, 6.07) is 0.599. The second kappa shape index (κ2) is 4.78. The quantitative estimate of drug-likeness (QED) is 0.363. The lowest BCUT2D eigenvalue weighted by atomic mass is 10.2. The third-order valence-corrected chi connectivity index (χ3v) is 2.17. The zero-order chi connectivity index (χ0) is 8.15. The van der Waals surface area contributed by atoms with E-state index in [1.54, 1.807) is 0 Å². The van der Waals surface area contributed by atoms with Crippen molar-refractivity contribution >= 4 is 18.8 Å². The van der Waals surface area contributed by atoms with E-state index in [1.165, 1.54) is 0 Å². The molecule has 0 N–H and O–H groups in total. The van der Waals surface area contributed by atoms with Crippen LogP contribution in [0.4, 0.5) is 0 Å². The van der Waals surface area contributed by atoms with Gasteiger partial charge in [0, 0.05) is 11.7 Å². The Morgan fingerprint density at radius 1 is 1.40 bits per heavy atom. The second-order valence-corrected chi connectivity index (χ2v) is 3.43. The fourth-order valence-corrected chi connectivity index (χ4v) is 0.715. The maximum Gasteiger partial charge on any atom is 0.146 e. The molecule has 0 radical (unpaired) electrons. The first-order valence-electron chi connectivity index (χ1n) is 3.75. The molecule has 0 aromatic heterocycles. The van der Waals surface area contributed by atoms with E-state index in [1.807, 2.05) is 0 Å². The summed E-state index contributed by atoms with van der Waals surface area (Å²) in [4.78, 5) is 0. The zero-order valence-electron chi connectivity index (χ0n) is 7.33. The van der Waals surface area contributed by atoms with E-state index >= 15 is 0 Å². The van der Waals surface area contributed by atoms with Crippen LogP contribution in [0.15, 0.2) is 0 Å². The van der Waals surface area contributed by atoms with Crippen LogP contribution in [0.3, 0.4) is 0 Å². The molecule has 10 heavy (non-hydrogen) atoms. The van der Waals surface area contributed by atoms with E-state index in [9.17, 15) is 0 Å². The van der Waals surface area contributed by atoms with Gasteiger partial charge in [0.2, 0.25) is 0 Å². The lowest BCUT2D eigenvalue weighted by molar-refractivity contribution is -0.527. The van der Waals surface area contributed by atoms with Gasteiger partial charge in [0.25, 0.3) is 0 Å². The van der Waals surface area contributed by atoms with Crippen molar-refractivity contribution in [3.8, 4) is 0 Å². The molecule has 0 saturated carbocycles. The second-order valence-electron chi connectivity index (χ2n) is 3.07. The highest BCUT2D eigenvalue weighted by atomic mass is 32.1. The van der Waals surface area contributed by atoms with Gasteiger partial charge >= 0.3 is 0 Å². The fourth-order valence-electron chi connectivity index (χ4n) is 0.621. The first kappa shape index (κ1) is 10.0. The van der Waals surface area contributed by atoms with Crippen molar-refractivity contribution in [2.75, 3.05) is 12.8 Å². The molecule has 0 aromatic carbocycles. The lowest BCUT2D eigenvalue weighted by Crippen LogP contribution is -2.19. The van der Waals surface area contributed by atoms with E-state index < -0.39 is 0 Å². The Balaban J connectivity index is 3.89. The van der Waals surface area contributed by atoms with Crippen LogP contribution in [0.5, 0.6) is 0 Å². The topological polar surface area (TPSA) is 3.01 Å². The third kappa shape index (κ3) is 3.94. The molecule has 0 bridgehead atoms. The summed E-state index contributed by atoms with van der Waals surface area (Å²) in [6.45, 7) is 6.54. The van der Waals surface area contributed by atoms with Gasteiger partial charge in [-0.15, -0.1) is 0 Å². The molecule has 0 amide bonds. The van der Waals surface area contributed by atoms with Crippen LogP contribution in [-0.4, -0.2) is 29.6 Å². The first-order chi connectivity index (χ1) is 4.57. The molecule has 1 unspecified atom stereocenters. The van der Waals surface area contributed by atoms with Gasteiger partial charge in [-0.1, -0.05) is 6.92 Å². The Bertz CT molecular complexity index is 118. The summed E-state index contributed by atoms with van der Waals surface area (Å²) in [5.41, 5.74) is 0. The molecular formula is C8H18NS+. The molecule has 0 heterocycles. The van der Waals surface area contributed by atoms with Crippen LogP contribution in [-0.2, 0) is 0 Å². The molecule has 60 valence electrons. The van der Waals surface area contributed by atoms with Crippen molar-refractivity contribution in [2.45, 2.75) is 26.8 Å². The van der Waals surface area contributed by atoms with E-state index in [0.717, 1.165) is 5.75 Å². The molecule has 2 heteroatoms. The monoisotopic (exact) mass is 160 g/mol. The van der Waals surface area contributed by atoms with Crippen molar-refractivity contribution in [2.24, 2.45) is 5.92 Å². The van der Waals surface area contributed by atoms with Gasteiger partial charge in [-0.25, -0.2) is 4.58 Å². The minimum absolute atomic E-state index is 0.579. The molecule has 0 rings (SSSR count). The predicted octanol–water partition coefficient (Wildman–Crippen LogP) is 1.67. The van der Waals surface area contributed by atoms with Gasteiger partial charge in [0.15, 0.2) is 0 Å². The van der Waals surface area contributed by atoms with Crippen LogP contribution >= 0.6 is 12.6 Å². The Kier molecular flexibility index (Phi) is 4.79. The van der Waals surface area contributed by atoms with Gasteiger partial charge in [-0.05, 0) is 13.8 Å². The normalized spacial score (nSPS) is 16.0. The van der Waals surface area contributed by atoms with Gasteiger partial charge < -0.3 is 0 Å². The number of rotatable bonds is 3. The summed E-state index contributed by atoms with van der Waals surface area (Å²) in [7, 11) is 2.10. The summed E-state index contributed by atoms with van der Waals surface area (Å²) >= 11 is 4.20. The molecule has 1 nitrogen and oxygen atoms in total. The zero-order valence-corrected chi connectivity index (χ0v) is 8.23. The molecule has 0 fully saturated rings. The smallest absolute Gasteiger partial charge is 0.146 e. The fraction of sp³-hybridized carbons (Fsp3) is 0.875. The Labute approximate surface area is 69.6 Å². The van der Waals surface area contributed by atoms with E-state index in [2.05, 4.69) is 51.2 Å². The Morgan fingerprint density at radius 3 is 2.20 bits per heavy atom. The van der Waals surface area contributed by atoms with Crippen LogP contribution in [0.2, 0.25) is 0 Å². The standard InChI is InChI=1S/C8H17NS/c1-7(2)9(4)5-8(3)6-10/h5,7-8H,6H2,1-4H3/p+1. The van der Waals surface area contributed by atoms with Crippen LogP contribution in [0.1, 0.15) is 20.8 Å². The number of hydrogen-bond acceptors (Lipinski definition) is 1. The largest absolute Gasteiger partial charge is 0.240 e. The van der Waals surface area contributed by atoms with Crippen molar-refractivity contribution in [1.29, 1.82) is 0 Å². The van der Waals surface area contributed by atoms with Crippen molar-refractivity contribution < 1.29 is 4.58 Å². The molecule has 0 aliphatic carbocycles. The minimum atomic E-state index is 0.579. The molecule has 0 aliphatic heterocycles. The minimum Gasteiger partial charge on any atom is -0.240 e. The Morgan fingerprint density at radius 2 is 1.90 bits per heavy atom. The molecular weight excluding hydrogens is 142 g/mol. The Hall–Kier alpha value is 0.0200. The predicted molar refractivity (Wildman–Crippen MR) is 50.4 cm³/mol. The molecule has 0 aliphatic rings. The summed E-state index contributed by atoms with van der Waals surface area (Å²) in [5.74, 6) is 1.51. The lowest BCUT2D eigenvalue weighted by Gasteiger charge is -2.03. The van der Waals surface area contributed by atoms with E-state index in [-0.39, 0.29) is 0 Å². The highest BCUT2D eigenvalue weighted by molar-refractivity contribution is 7.80. The average molecular weight is 160 g/mol. The maximum atomic E-state index is 4.20. The summed E-state index contributed by atoms with van der Waals surface area (Å²) < 4.78 is 2.22. The highest BCUT2D eigenvalue weighted by Gasteiger charge is 2.04. The summed E-state index contributed by atoms with van der Waals surface area (Å²) in [5, 5.41) is 0. The molecule has 0 spiro atoms.